The van der Waals surface area contributed by atoms with Gasteiger partial charge in [-0.25, -0.2) is 4.98 Å². The minimum atomic E-state index is -0.0468. The van der Waals surface area contributed by atoms with Gasteiger partial charge in [-0.1, -0.05) is 39.7 Å². The largest absolute Gasteiger partial charge is 0.488 e. The number of benzene rings is 2. The number of anilines is 1. The molecule has 1 saturated heterocycles. The van der Waals surface area contributed by atoms with E-state index in [0.29, 0.717) is 18.4 Å². The third kappa shape index (κ3) is 4.60. The van der Waals surface area contributed by atoms with Gasteiger partial charge in [-0.2, -0.15) is 0 Å². The molecule has 2 heterocycles. The lowest BCUT2D eigenvalue weighted by atomic mass is 9.85. The first-order valence-electron chi connectivity index (χ1n) is 11.7. The fraction of sp³-hybridized carbons (Fsp3) is 0.407. The van der Waals surface area contributed by atoms with Crippen LogP contribution in [-0.4, -0.2) is 31.2 Å². The summed E-state index contributed by atoms with van der Waals surface area (Å²) in [7, 11) is 1.50. The maximum absolute atomic E-state index is 12.3. The Morgan fingerprint density at radius 1 is 1.15 bits per heavy atom. The van der Waals surface area contributed by atoms with E-state index in [1.807, 2.05) is 6.07 Å². The fourth-order valence-electron chi connectivity index (χ4n) is 5.36. The van der Waals surface area contributed by atoms with Crippen LogP contribution in [0.15, 0.2) is 46.3 Å². The number of carbonyl (C=O) groups excluding carboxylic acids is 1. The zero-order valence-electron chi connectivity index (χ0n) is 19.7. The summed E-state index contributed by atoms with van der Waals surface area (Å²) in [6.07, 6.45) is 2.18. The first-order chi connectivity index (χ1) is 16.4. The molecule has 2 aliphatic rings. The molecular formula is C27H29BrN2O3S. The van der Waals surface area contributed by atoms with Crippen LogP contribution in [0.2, 0.25) is 0 Å². The first-order valence-corrected chi connectivity index (χ1v) is 13.4. The number of aryl methyl sites for hydroxylation is 2. The summed E-state index contributed by atoms with van der Waals surface area (Å²) in [4.78, 5) is 19.6. The number of esters is 1. The molecule has 34 heavy (non-hydrogen) atoms. The van der Waals surface area contributed by atoms with E-state index in [4.69, 9.17) is 14.5 Å². The zero-order chi connectivity index (χ0) is 23.8. The van der Waals surface area contributed by atoms with Gasteiger partial charge in [-0.15, -0.1) is 11.3 Å². The number of thiazole rings is 1. The number of rotatable bonds is 6. The number of methoxy groups -OCH3 is 1. The molecule has 2 aromatic carbocycles. The van der Waals surface area contributed by atoms with Gasteiger partial charge in [-0.3, -0.25) is 4.79 Å². The van der Waals surface area contributed by atoms with Crippen LogP contribution in [0.4, 0.5) is 5.13 Å². The Kier molecular flexibility index (Phi) is 6.67. The molecule has 3 aromatic rings. The van der Waals surface area contributed by atoms with Crippen LogP contribution in [0.1, 0.15) is 29.5 Å². The van der Waals surface area contributed by atoms with Crippen LogP contribution >= 0.6 is 27.3 Å². The van der Waals surface area contributed by atoms with Crippen molar-refractivity contribution in [1.82, 2.24) is 4.98 Å². The zero-order valence-corrected chi connectivity index (χ0v) is 22.1. The van der Waals surface area contributed by atoms with Crippen molar-refractivity contribution < 1.29 is 14.3 Å². The molecule has 2 atom stereocenters. The van der Waals surface area contributed by atoms with Crippen molar-refractivity contribution in [2.24, 2.45) is 17.8 Å². The highest BCUT2D eigenvalue weighted by Crippen LogP contribution is 2.45. The highest BCUT2D eigenvalue weighted by Gasteiger charge is 2.47. The third-order valence-corrected chi connectivity index (χ3v) is 8.89. The second-order valence-corrected chi connectivity index (χ2v) is 11.1. The normalized spacial score (nSPS) is 21.5. The van der Waals surface area contributed by atoms with Gasteiger partial charge < -0.3 is 14.4 Å². The number of fused-ring (bicyclic) bond motifs is 2. The predicted octanol–water partition coefficient (Wildman–Crippen LogP) is 6.40. The molecule has 2 unspecified atom stereocenters. The smallest absolute Gasteiger partial charge is 0.309 e. The van der Waals surface area contributed by atoms with Gasteiger partial charge in [0.1, 0.15) is 12.4 Å². The molecule has 178 valence electrons. The minimum Gasteiger partial charge on any atom is -0.488 e. The molecule has 1 aromatic heterocycles. The second kappa shape index (κ2) is 9.70. The number of hydrogen-bond acceptors (Lipinski definition) is 6. The number of nitrogens with zero attached hydrogens (tertiary/aromatic N) is 2. The van der Waals surface area contributed by atoms with Crippen molar-refractivity contribution in [2.45, 2.75) is 33.3 Å². The summed E-state index contributed by atoms with van der Waals surface area (Å²) in [5, 5.41) is 3.14. The molecule has 1 aliphatic heterocycles. The summed E-state index contributed by atoms with van der Waals surface area (Å²) in [6.45, 7) is 6.41. The lowest BCUT2D eigenvalue weighted by Gasteiger charge is -2.36. The number of piperidine rings is 1. The average molecular weight is 542 g/mol. The van der Waals surface area contributed by atoms with Crippen LogP contribution in [0, 0.1) is 31.6 Å². The Balaban J connectivity index is 1.34. The summed E-state index contributed by atoms with van der Waals surface area (Å²) < 4.78 is 12.4. The van der Waals surface area contributed by atoms with Gasteiger partial charge in [0.15, 0.2) is 5.13 Å². The molecule has 0 N–H and O–H groups in total. The quantitative estimate of drug-likeness (QED) is 0.338. The molecule has 2 bridgehead atoms. The fourth-order valence-corrected chi connectivity index (χ4v) is 6.45. The van der Waals surface area contributed by atoms with E-state index >= 15 is 0 Å². The third-order valence-electron chi connectivity index (χ3n) is 7.10. The standard InChI is InChI=1S/C27H29BrN2O3S/c1-16-4-9-24(33-14-18-5-8-22(28)17(2)11-18)21(10-16)23-15-34-27(29-23)30-12-19-6-7-20(13-30)25(19)26(31)32-3/h4-5,8-11,15,19-20,25H,6-7,12-14H2,1-3H3. The van der Waals surface area contributed by atoms with E-state index in [1.165, 1.54) is 18.2 Å². The van der Waals surface area contributed by atoms with Gasteiger partial charge in [0, 0.05) is 28.5 Å². The van der Waals surface area contributed by atoms with Crippen molar-refractivity contribution in [1.29, 1.82) is 0 Å². The number of hydrogen-bond donors (Lipinski definition) is 0. The summed E-state index contributed by atoms with van der Waals surface area (Å²) in [5.41, 5.74) is 5.46. The van der Waals surface area contributed by atoms with Crippen molar-refractivity contribution in [3.63, 3.8) is 0 Å². The summed E-state index contributed by atoms with van der Waals surface area (Å²) in [6, 6.07) is 12.6. The van der Waals surface area contributed by atoms with Crippen molar-refractivity contribution in [3.05, 3.63) is 62.9 Å². The van der Waals surface area contributed by atoms with Crippen LogP contribution in [0.25, 0.3) is 11.3 Å². The molecule has 5 rings (SSSR count). The Hall–Kier alpha value is -2.38. The maximum atomic E-state index is 12.3. The van der Waals surface area contributed by atoms with E-state index in [9.17, 15) is 4.79 Å². The number of carbonyl (C=O) groups is 1. The van der Waals surface area contributed by atoms with Crippen molar-refractivity contribution in [3.8, 4) is 17.0 Å². The molecule has 2 fully saturated rings. The summed E-state index contributed by atoms with van der Waals surface area (Å²) in [5.74, 6) is 1.54. The molecule has 0 radical (unpaired) electrons. The predicted molar refractivity (Wildman–Crippen MR) is 139 cm³/mol. The van der Waals surface area contributed by atoms with E-state index < -0.39 is 0 Å². The van der Waals surface area contributed by atoms with Gasteiger partial charge >= 0.3 is 5.97 Å². The number of aromatic nitrogens is 1. The van der Waals surface area contributed by atoms with Gasteiger partial charge in [-0.05, 0) is 67.9 Å². The Bertz CT molecular complexity index is 1200. The van der Waals surface area contributed by atoms with E-state index in [0.717, 1.165) is 58.1 Å². The minimum absolute atomic E-state index is 0.0414. The topological polar surface area (TPSA) is 51.7 Å². The van der Waals surface area contributed by atoms with E-state index in [1.54, 1.807) is 11.3 Å². The van der Waals surface area contributed by atoms with Crippen LogP contribution in [0.3, 0.4) is 0 Å². The SMILES string of the molecule is COC(=O)C1C2CCC1CN(c1nc(-c3cc(C)ccc3OCc3ccc(Br)c(C)c3)cs1)C2. The Morgan fingerprint density at radius 3 is 2.62 bits per heavy atom. The number of halogens is 1. The Morgan fingerprint density at radius 2 is 1.91 bits per heavy atom. The van der Waals surface area contributed by atoms with Crippen LogP contribution in [0.5, 0.6) is 5.75 Å². The number of ether oxygens (including phenoxy) is 2. The lowest BCUT2D eigenvalue weighted by molar-refractivity contribution is -0.148. The molecule has 7 heteroatoms. The molecule has 0 amide bonds. The molecule has 1 aliphatic carbocycles. The van der Waals surface area contributed by atoms with Crippen molar-refractivity contribution in [2.75, 3.05) is 25.1 Å². The lowest BCUT2D eigenvalue weighted by Crippen LogP contribution is -2.45. The monoisotopic (exact) mass is 540 g/mol. The Labute approximate surface area is 213 Å². The molecule has 1 saturated carbocycles. The van der Waals surface area contributed by atoms with Crippen LogP contribution in [-0.2, 0) is 16.1 Å². The van der Waals surface area contributed by atoms with Crippen LogP contribution < -0.4 is 9.64 Å². The molecule has 0 spiro atoms. The van der Waals surface area contributed by atoms with Gasteiger partial charge in [0.25, 0.3) is 0 Å². The van der Waals surface area contributed by atoms with Gasteiger partial charge in [0.05, 0.1) is 18.7 Å². The van der Waals surface area contributed by atoms with Gasteiger partial charge in [0.2, 0.25) is 0 Å². The highest BCUT2D eigenvalue weighted by molar-refractivity contribution is 9.10. The first kappa shape index (κ1) is 23.4. The average Bonchev–Trinajstić information content (AvgIpc) is 3.42. The van der Waals surface area contributed by atoms with E-state index in [2.05, 4.69) is 70.4 Å². The van der Waals surface area contributed by atoms with E-state index in [-0.39, 0.29) is 11.9 Å². The summed E-state index contributed by atoms with van der Waals surface area (Å²) >= 11 is 5.23. The van der Waals surface area contributed by atoms with Crippen molar-refractivity contribution >= 4 is 38.4 Å². The second-order valence-electron chi connectivity index (χ2n) is 9.44. The molecule has 5 nitrogen and oxygen atoms in total. The molecular weight excluding hydrogens is 512 g/mol. The highest BCUT2D eigenvalue weighted by atomic mass is 79.9. The maximum Gasteiger partial charge on any atom is 0.309 e.